The average Bonchev–Trinajstić information content (AvgIpc) is 2.60. The van der Waals surface area contributed by atoms with Crippen LogP contribution in [-0.4, -0.2) is 28.1 Å². The molecule has 0 aliphatic carbocycles. The highest BCUT2D eigenvalue weighted by Crippen LogP contribution is 2.22. The Balaban J connectivity index is 2.13. The standard InChI is InChI=1S/C17H19NO5S/c1-3-13-6-4-5-7-16(13)18-24(20,21)15-10-8-14(9-11-15)23-12-17(19)22-2/h4-11,18H,3,12H2,1-2H3. The Hall–Kier alpha value is -2.54. The van der Waals surface area contributed by atoms with Crippen LogP contribution in [-0.2, 0) is 26.0 Å². The van der Waals surface area contributed by atoms with Crippen molar-refractivity contribution >= 4 is 21.7 Å². The summed E-state index contributed by atoms with van der Waals surface area (Å²) in [6.07, 6.45) is 0.721. The van der Waals surface area contributed by atoms with Gasteiger partial charge >= 0.3 is 5.97 Å². The summed E-state index contributed by atoms with van der Waals surface area (Å²) in [6.45, 7) is 1.73. The van der Waals surface area contributed by atoms with E-state index in [0.29, 0.717) is 11.4 Å². The van der Waals surface area contributed by atoms with Crippen LogP contribution in [0.1, 0.15) is 12.5 Å². The molecule has 24 heavy (non-hydrogen) atoms. The summed E-state index contributed by atoms with van der Waals surface area (Å²) in [5.74, 6) is -0.127. The molecule has 0 fully saturated rings. The number of carbonyl (C=O) groups is 1. The van der Waals surface area contributed by atoms with Crippen molar-refractivity contribution in [1.29, 1.82) is 0 Å². The first-order valence-electron chi connectivity index (χ1n) is 7.36. The number of carbonyl (C=O) groups excluding carboxylic acids is 1. The Morgan fingerprint density at radius 1 is 1.08 bits per heavy atom. The van der Waals surface area contributed by atoms with Gasteiger partial charge in [-0.2, -0.15) is 0 Å². The Morgan fingerprint density at radius 2 is 1.75 bits per heavy atom. The fraction of sp³-hybridized carbons (Fsp3) is 0.235. The summed E-state index contributed by atoms with van der Waals surface area (Å²) < 4.78 is 37.2. The normalized spacial score (nSPS) is 10.9. The second kappa shape index (κ2) is 7.83. The molecule has 2 aromatic rings. The van der Waals surface area contributed by atoms with Crippen LogP contribution in [0.25, 0.3) is 0 Å². The summed E-state index contributed by atoms with van der Waals surface area (Å²) in [4.78, 5) is 11.1. The molecule has 0 spiro atoms. The number of esters is 1. The van der Waals surface area contributed by atoms with Crippen LogP contribution in [0.3, 0.4) is 0 Å². The summed E-state index contributed by atoms with van der Waals surface area (Å²) in [5.41, 5.74) is 1.48. The molecule has 0 heterocycles. The second-order valence-electron chi connectivity index (χ2n) is 4.95. The van der Waals surface area contributed by atoms with E-state index in [1.807, 2.05) is 19.1 Å². The molecule has 7 heteroatoms. The van der Waals surface area contributed by atoms with Gasteiger partial charge in [0, 0.05) is 0 Å². The number of benzene rings is 2. The molecule has 0 atom stereocenters. The van der Waals surface area contributed by atoms with Crippen molar-refractivity contribution in [3.8, 4) is 5.75 Å². The number of sulfonamides is 1. The first-order valence-corrected chi connectivity index (χ1v) is 8.85. The molecule has 0 aliphatic rings. The number of anilines is 1. The number of rotatable bonds is 7. The van der Waals surface area contributed by atoms with E-state index >= 15 is 0 Å². The molecule has 2 aromatic carbocycles. The van der Waals surface area contributed by atoms with Gasteiger partial charge in [-0.15, -0.1) is 0 Å². The van der Waals surface area contributed by atoms with Gasteiger partial charge in [-0.25, -0.2) is 13.2 Å². The molecule has 0 saturated heterocycles. The van der Waals surface area contributed by atoms with E-state index in [-0.39, 0.29) is 11.5 Å². The lowest BCUT2D eigenvalue weighted by atomic mass is 10.1. The Bertz CT molecular complexity index is 800. The first kappa shape index (κ1) is 17.8. The number of methoxy groups -OCH3 is 1. The zero-order chi connectivity index (χ0) is 17.6. The molecular weight excluding hydrogens is 330 g/mol. The maximum atomic E-state index is 12.5. The van der Waals surface area contributed by atoms with E-state index in [9.17, 15) is 13.2 Å². The number of para-hydroxylation sites is 1. The minimum absolute atomic E-state index is 0.110. The van der Waals surface area contributed by atoms with E-state index in [0.717, 1.165) is 12.0 Å². The maximum absolute atomic E-state index is 12.5. The molecule has 0 unspecified atom stereocenters. The maximum Gasteiger partial charge on any atom is 0.343 e. The zero-order valence-corrected chi connectivity index (χ0v) is 14.3. The highest BCUT2D eigenvalue weighted by atomic mass is 32.2. The van der Waals surface area contributed by atoms with Gasteiger partial charge in [0.25, 0.3) is 10.0 Å². The van der Waals surface area contributed by atoms with Gasteiger partial charge in [0.15, 0.2) is 6.61 Å². The van der Waals surface area contributed by atoms with E-state index in [2.05, 4.69) is 9.46 Å². The van der Waals surface area contributed by atoms with Crippen molar-refractivity contribution in [3.05, 3.63) is 54.1 Å². The molecule has 2 rings (SSSR count). The fourth-order valence-electron chi connectivity index (χ4n) is 2.05. The van der Waals surface area contributed by atoms with Crippen LogP contribution in [0.5, 0.6) is 5.75 Å². The average molecular weight is 349 g/mol. The predicted octanol–water partition coefficient (Wildman–Crippen LogP) is 2.60. The van der Waals surface area contributed by atoms with Crippen LogP contribution < -0.4 is 9.46 Å². The number of aryl methyl sites for hydroxylation is 1. The Kier molecular flexibility index (Phi) is 5.81. The number of ether oxygens (including phenoxy) is 2. The minimum atomic E-state index is -3.70. The molecule has 0 bridgehead atoms. The number of hydrogen-bond acceptors (Lipinski definition) is 5. The third-order valence-corrected chi connectivity index (χ3v) is 4.74. The second-order valence-corrected chi connectivity index (χ2v) is 6.63. The molecule has 0 radical (unpaired) electrons. The van der Waals surface area contributed by atoms with Crippen molar-refractivity contribution in [2.75, 3.05) is 18.4 Å². The highest BCUT2D eigenvalue weighted by Gasteiger charge is 2.15. The third kappa shape index (κ3) is 4.48. The quantitative estimate of drug-likeness (QED) is 0.777. The third-order valence-electron chi connectivity index (χ3n) is 3.36. The smallest absolute Gasteiger partial charge is 0.343 e. The number of hydrogen-bond donors (Lipinski definition) is 1. The monoisotopic (exact) mass is 349 g/mol. The molecule has 6 nitrogen and oxygen atoms in total. The lowest BCUT2D eigenvalue weighted by Crippen LogP contribution is -2.14. The van der Waals surface area contributed by atoms with Crippen LogP contribution in [0.2, 0.25) is 0 Å². The fourth-order valence-corrected chi connectivity index (χ4v) is 3.15. The van der Waals surface area contributed by atoms with Gasteiger partial charge in [-0.3, -0.25) is 4.72 Å². The van der Waals surface area contributed by atoms with E-state index < -0.39 is 16.0 Å². The lowest BCUT2D eigenvalue weighted by Gasteiger charge is -2.12. The van der Waals surface area contributed by atoms with Crippen molar-refractivity contribution in [1.82, 2.24) is 0 Å². The lowest BCUT2D eigenvalue weighted by molar-refractivity contribution is -0.142. The largest absolute Gasteiger partial charge is 0.482 e. The molecule has 0 amide bonds. The van der Waals surface area contributed by atoms with E-state index in [1.54, 1.807) is 12.1 Å². The van der Waals surface area contributed by atoms with Crippen LogP contribution in [0.15, 0.2) is 53.4 Å². The van der Waals surface area contributed by atoms with Gasteiger partial charge in [-0.05, 0) is 42.3 Å². The molecular formula is C17H19NO5S. The SMILES string of the molecule is CCc1ccccc1NS(=O)(=O)c1ccc(OCC(=O)OC)cc1. The number of nitrogens with one attached hydrogen (secondary N) is 1. The zero-order valence-electron chi connectivity index (χ0n) is 13.5. The summed E-state index contributed by atoms with van der Waals surface area (Å²) >= 11 is 0. The summed E-state index contributed by atoms with van der Waals surface area (Å²) in [5, 5.41) is 0. The van der Waals surface area contributed by atoms with Crippen molar-refractivity contribution < 1.29 is 22.7 Å². The summed E-state index contributed by atoms with van der Waals surface area (Å²) in [7, 11) is -2.43. The topological polar surface area (TPSA) is 81.7 Å². The van der Waals surface area contributed by atoms with E-state index in [1.165, 1.54) is 31.4 Å². The molecule has 0 aromatic heterocycles. The van der Waals surface area contributed by atoms with Crippen LogP contribution in [0, 0.1) is 0 Å². The van der Waals surface area contributed by atoms with Gasteiger partial charge < -0.3 is 9.47 Å². The van der Waals surface area contributed by atoms with Crippen molar-refractivity contribution in [3.63, 3.8) is 0 Å². The predicted molar refractivity (Wildman–Crippen MR) is 90.6 cm³/mol. The minimum Gasteiger partial charge on any atom is -0.482 e. The van der Waals surface area contributed by atoms with Gasteiger partial charge in [0.1, 0.15) is 5.75 Å². The van der Waals surface area contributed by atoms with E-state index in [4.69, 9.17) is 4.74 Å². The van der Waals surface area contributed by atoms with Gasteiger partial charge in [0.2, 0.25) is 0 Å². The molecule has 0 aliphatic heterocycles. The first-order chi connectivity index (χ1) is 11.5. The summed E-state index contributed by atoms with van der Waals surface area (Å²) in [6, 6.07) is 13.1. The van der Waals surface area contributed by atoms with Crippen molar-refractivity contribution in [2.45, 2.75) is 18.2 Å². The van der Waals surface area contributed by atoms with Crippen LogP contribution in [0.4, 0.5) is 5.69 Å². The van der Waals surface area contributed by atoms with Gasteiger partial charge in [0.05, 0.1) is 17.7 Å². The van der Waals surface area contributed by atoms with Crippen molar-refractivity contribution in [2.24, 2.45) is 0 Å². The Morgan fingerprint density at radius 3 is 2.38 bits per heavy atom. The molecule has 1 N–H and O–H groups in total. The highest BCUT2D eigenvalue weighted by molar-refractivity contribution is 7.92. The molecule has 0 saturated carbocycles. The molecule has 128 valence electrons. The van der Waals surface area contributed by atoms with Crippen LogP contribution >= 0.6 is 0 Å². The van der Waals surface area contributed by atoms with Gasteiger partial charge in [-0.1, -0.05) is 25.1 Å². The Labute approximate surface area is 141 Å².